The van der Waals surface area contributed by atoms with Crippen LogP contribution in [-0.2, 0) is 61.2 Å². The van der Waals surface area contributed by atoms with E-state index in [0.29, 0.717) is 12.2 Å². The summed E-state index contributed by atoms with van der Waals surface area (Å²) in [6, 6.07) is 0. The first-order valence-electron chi connectivity index (χ1n) is 6.46. The Morgan fingerprint density at radius 1 is 1.43 bits per heavy atom. The van der Waals surface area contributed by atoms with E-state index in [1.54, 1.807) is 13.8 Å². The number of aliphatic hydroxyl groups excluding tert-OH is 1. The molecule has 2 rings (SSSR count). The van der Waals surface area contributed by atoms with Gasteiger partial charge in [0.05, 0.1) is 13.2 Å². The number of esters is 1. The van der Waals surface area contributed by atoms with Crippen LogP contribution in [0.3, 0.4) is 0 Å². The van der Waals surface area contributed by atoms with E-state index in [2.05, 4.69) is 0 Å². The van der Waals surface area contributed by atoms with E-state index in [-0.39, 0.29) is 45.9 Å². The predicted molar refractivity (Wildman–Crippen MR) is 65.5 cm³/mol. The van der Waals surface area contributed by atoms with E-state index in [1.807, 2.05) is 0 Å². The van der Waals surface area contributed by atoms with E-state index in [4.69, 9.17) is 18.9 Å². The quantitative estimate of drug-likeness (QED) is 0.406. The molecule has 117 valence electrons. The molecule has 5 atom stereocenters. The summed E-state index contributed by atoms with van der Waals surface area (Å²) in [5.74, 6) is -1.36. The SMILES string of the molecule is C[C-](C)C(=O)OC1COC(CO)C2OC(C)(C=O)OC12.[Y]. The average Bonchev–Trinajstić information content (AvgIpc) is 2.77. The van der Waals surface area contributed by atoms with Crippen molar-refractivity contribution in [3.05, 3.63) is 5.92 Å². The fourth-order valence-electron chi connectivity index (χ4n) is 2.25. The summed E-state index contributed by atoms with van der Waals surface area (Å²) < 4.78 is 21.8. The van der Waals surface area contributed by atoms with Gasteiger partial charge in [0.1, 0.15) is 18.3 Å². The van der Waals surface area contributed by atoms with Crippen molar-refractivity contribution in [1.29, 1.82) is 0 Å². The summed E-state index contributed by atoms with van der Waals surface area (Å²) >= 11 is 0. The van der Waals surface area contributed by atoms with Crippen LogP contribution in [0.2, 0.25) is 0 Å². The Morgan fingerprint density at radius 3 is 2.57 bits per heavy atom. The summed E-state index contributed by atoms with van der Waals surface area (Å²) in [6.45, 7) is 4.58. The molecule has 2 heterocycles. The number of rotatable bonds is 4. The Kier molecular flexibility index (Phi) is 6.77. The molecule has 21 heavy (non-hydrogen) atoms. The Bertz CT molecular complexity index is 389. The summed E-state index contributed by atoms with van der Waals surface area (Å²) in [5, 5.41) is 9.28. The van der Waals surface area contributed by atoms with Crippen LogP contribution in [0, 0.1) is 5.92 Å². The molecule has 2 fully saturated rings. The van der Waals surface area contributed by atoms with E-state index >= 15 is 0 Å². The van der Waals surface area contributed by atoms with Crippen LogP contribution in [0.15, 0.2) is 0 Å². The number of hydrogen-bond acceptors (Lipinski definition) is 7. The molecule has 0 aromatic heterocycles. The minimum Gasteiger partial charge on any atom is -0.479 e. The molecule has 2 aliphatic rings. The zero-order valence-corrected chi connectivity index (χ0v) is 15.1. The van der Waals surface area contributed by atoms with Gasteiger partial charge in [-0.15, -0.1) is 0 Å². The molecule has 7 nitrogen and oxygen atoms in total. The zero-order valence-electron chi connectivity index (χ0n) is 12.3. The van der Waals surface area contributed by atoms with Crippen molar-refractivity contribution in [3.8, 4) is 0 Å². The summed E-state index contributed by atoms with van der Waals surface area (Å²) in [7, 11) is 0. The molecule has 0 amide bonds. The Hall–Kier alpha value is -0.0461. The monoisotopic (exact) mass is 376 g/mol. The summed E-state index contributed by atoms with van der Waals surface area (Å²) in [4.78, 5) is 22.7. The number of carbonyl (C=O) groups excluding carboxylic acids is 2. The topological polar surface area (TPSA) is 91.3 Å². The van der Waals surface area contributed by atoms with E-state index in [0.717, 1.165) is 0 Å². The van der Waals surface area contributed by atoms with Crippen LogP contribution in [0.1, 0.15) is 20.8 Å². The van der Waals surface area contributed by atoms with Crippen molar-refractivity contribution in [2.24, 2.45) is 0 Å². The van der Waals surface area contributed by atoms with Crippen molar-refractivity contribution < 1.29 is 66.4 Å². The molecular formula is C13H19O7Y-. The van der Waals surface area contributed by atoms with Gasteiger partial charge >= 0.3 is 0 Å². The number of fused-ring (bicyclic) bond motifs is 1. The fourth-order valence-corrected chi connectivity index (χ4v) is 2.25. The van der Waals surface area contributed by atoms with Gasteiger partial charge in [0.25, 0.3) is 0 Å². The van der Waals surface area contributed by atoms with E-state index in [1.165, 1.54) is 6.92 Å². The van der Waals surface area contributed by atoms with E-state index < -0.39 is 36.2 Å². The second kappa shape index (κ2) is 7.48. The molecule has 0 aromatic carbocycles. The van der Waals surface area contributed by atoms with Crippen LogP contribution >= 0.6 is 0 Å². The largest absolute Gasteiger partial charge is 0.479 e. The molecule has 0 saturated carbocycles. The molecule has 1 radical (unpaired) electrons. The van der Waals surface area contributed by atoms with Crippen molar-refractivity contribution in [3.63, 3.8) is 0 Å². The van der Waals surface area contributed by atoms with Crippen LogP contribution in [0.4, 0.5) is 0 Å². The standard InChI is InChI=1S/C13H19O7.Y/c1-7(2)12(16)18-9-5-17-8(4-14)10-11(9)20-13(3,6-15)19-10;/h6,8-11,14H,4-5H2,1-3H3;/q-1;. The molecule has 0 bridgehead atoms. The zero-order chi connectivity index (χ0) is 14.9. The minimum atomic E-state index is -1.41. The van der Waals surface area contributed by atoms with Crippen LogP contribution in [0.5, 0.6) is 0 Å². The van der Waals surface area contributed by atoms with Crippen molar-refractivity contribution in [2.45, 2.75) is 51.0 Å². The third kappa shape index (κ3) is 4.03. The first kappa shape index (κ1) is 19.0. The van der Waals surface area contributed by atoms with Gasteiger partial charge in [0.2, 0.25) is 5.79 Å². The first-order chi connectivity index (χ1) is 9.40. The molecular weight excluding hydrogens is 357 g/mol. The van der Waals surface area contributed by atoms with Gasteiger partial charge in [0, 0.05) is 32.7 Å². The van der Waals surface area contributed by atoms with E-state index in [9.17, 15) is 14.7 Å². The number of carbonyl (C=O) groups is 2. The Morgan fingerprint density at radius 2 is 2.05 bits per heavy atom. The van der Waals surface area contributed by atoms with Crippen LogP contribution in [-0.4, -0.2) is 60.8 Å². The summed E-state index contributed by atoms with van der Waals surface area (Å²) in [5.41, 5.74) is 0. The van der Waals surface area contributed by atoms with Gasteiger partial charge in [0.15, 0.2) is 18.4 Å². The summed E-state index contributed by atoms with van der Waals surface area (Å²) in [6.07, 6.45) is -2.04. The number of aliphatic hydroxyl groups is 1. The molecule has 1 N–H and O–H groups in total. The fraction of sp³-hybridized carbons (Fsp3) is 0.769. The average molecular weight is 376 g/mol. The first-order valence-corrected chi connectivity index (χ1v) is 6.46. The van der Waals surface area contributed by atoms with Crippen LogP contribution in [0.25, 0.3) is 0 Å². The number of ether oxygens (including phenoxy) is 4. The maximum absolute atomic E-state index is 11.7. The second-order valence-corrected chi connectivity index (χ2v) is 5.30. The third-order valence-electron chi connectivity index (χ3n) is 3.33. The van der Waals surface area contributed by atoms with Crippen molar-refractivity contribution in [2.75, 3.05) is 13.2 Å². The van der Waals surface area contributed by atoms with Gasteiger partial charge in [-0.05, 0) is 6.92 Å². The predicted octanol–water partition coefficient (Wildman–Crippen LogP) is -0.400. The van der Waals surface area contributed by atoms with Gasteiger partial charge < -0.3 is 24.1 Å². The molecule has 5 unspecified atom stereocenters. The smallest absolute Gasteiger partial charge is 0.223 e. The maximum atomic E-state index is 11.7. The molecule has 0 aliphatic carbocycles. The molecule has 0 spiro atoms. The van der Waals surface area contributed by atoms with Gasteiger partial charge in [-0.3, -0.25) is 15.5 Å². The molecule has 2 saturated heterocycles. The minimum absolute atomic E-state index is 0. The number of aldehydes is 1. The van der Waals surface area contributed by atoms with Gasteiger partial charge in [-0.2, -0.15) is 13.8 Å². The number of hydrogen-bond donors (Lipinski definition) is 1. The van der Waals surface area contributed by atoms with Gasteiger partial charge in [-0.25, -0.2) is 0 Å². The Balaban J connectivity index is 0.00000220. The van der Waals surface area contributed by atoms with Gasteiger partial charge in [-0.1, -0.05) is 0 Å². The third-order valence-corrected chi connectivity index (χ3v) is 3.33. The normalized spacial score (nSPS) is 38.1. The van der Waals surface area contributed by atoms with Crippen molar-refractivity contribution in [1.82, 2.24) is 0 Å². The maximum Gasteiger partial charge on any atom is 0.223 e. The van der Waals surface area contributed by atoms with Crippen LogP contribution < -0.4 is 0 Å². The molecule has 0 aromatic rings. The second-order valence-electron chi connectivity index (χ2n) is 5.30. The van der Waals surface area contributed by atoms with Crippen molar-refractivity contribution >= 4 is 12.3 Å². The molecule has 8 heteroatoms. The molecule has 2 aliphatic heterocycles. The Labute approximate surface area is 148 Å².